The standard InChI is InChI=1S/C15H21N/c1-6-12-8-7-10(2)14-13(12)11(3)9-15(4,5)16-14/h7-9,16H,6H2,1-5H3. The van der Waals surface area contributed by atoms with Crippen LogP contribution in [-0.4, -0.2) is 5.54 Å². The van der Waals surface area contributed by atoms with Crippen LogP contribution in [0.2, 0.25) is 0 Å². The first kappa shape index (κ1) is 11.3. The van der Waals surface area contributed by atoms with Crippen molar-refractivity contribution in [2.45, 2.75) is 46.6 Å². The molecule has 86 valence electrons. The SMILES string of the molecule is CCc1ccc(C)c2c1C(C)=CC(C)(C)N2. The molecule has 0 fully saturated rings. The zero-order chi connectivity index (χ0) is 11.9. The Bertz CT molecular complexity index is 453. The molecule has 1 heteroatoms. The molecule has 0 spiro atoms. The van der Waals surface area contributed by atoms with Crippen LogP contribution in [0.1, 0.15) is 44.4 Å². The van der Waals surface area contributed by atoms with Crippen LogP contribution >= 0.6 is 0 Å². The summed E-state index contributed by atoms with van der Waals surface area (Å²) in [5, 5.41) is 3.63. The Labute approximate surface area is 98.6 Å². The summed E-state index contributed by atoms with van der Waals surface area (Å²) in [5.41, 5.74) is 6.99. The highest BCUT2D eigenvalue weighted by Crippen LogP contribution is 2.38. The average molecular weight is 215 g/mol. The van der Waals surface area contributed by atoms with Crippen molar-refractivity contribution in [3.8, 4) is 0 Å². The van der Waals surface area contributed by atoms with Crippen molar-refractivity contribution in [1.29, 1.82) is 0 Å². The molecule has 0 saturated heterocycles. The maximum absolute atomic E-state index is 3.63. The van der Waals surface area contributed by atoms with Gasteiger partial charge >= 0.3 is 0 Å². The third-order valence-electron chi connectivity index (χ3n) is 3.30. The largest absolute Gasteiger partial charge is 0.376 e. The lowest BCUT2D eigenvalue weighted by Gasteiger charge is -2.33. The zero-order valence-corrected chi connectivity index (χ0v) is 10.9. The molecule has 1 aromatic rings. The topological polar surface area (TPSA) is 12.0 Å². The molecule has 0 bridgehead atoms. The molecule has 16 heavy (non-hydrogen) atoms. The molecule has 0 atom stereocenters. The Morgan fingerprint density at radius 1 is 1.19 bits per heavy atom. The molecule has 0 radical (unpaired) electrons. The van der Waals surface area contributed by atoms with Gasteiger partial charge in [-0.3, -0.25) is 0 Å². The van der Waals surface area contributed by atoms with Crippen LogP contribution in [0.5, 0.6) is 0 Å². The summed E-state index contributed by atoms with van der Waals surface area (Å²) >= 11 is 0. The van der Waals surface area contributed by atoms with Gasteiger partial charge in [-0.05, 0) is 50.8 Å². The quantitative estimate of drug-likeness (QED) is 0.741. The second-order valence-electron chi connectivity index (χ2n) is 5.32. The van der Waals surface area contributed by atoms with Gasteiger partial charge < -0.3 is 5.32 Å². The van der Waals surface area contributed by atoms with Crippen LogP contribution in [0.3, 0.4) is 0 Å². The lowest BCUT2D eigenvalue weighted by molar-refractivity contribution is 0.705. The van der Waals surface area contributed by atoms with Crippen molar-refractivity contribution < 1.29 is 0 Å². The van der Waals surface area contributed by atoms with Gasteiger partial charge in [-0.2, -0.15) is 0 Å². The van der Waals surface area contributed by atoms with Gasteiger partial charge in [0.1, 0.15) is 0 Å². The lowest BCUT2D eigenvalue weighted by atomic mass is 9.86. The van der Waals surface area contributed by atoms with Crippen molar-refractivity contribution in [3.63, 3.8) is 0 Å². The summed E-state index contributed by atoms with van der Waals surface area (Å²) in [6.07, 6.45) is 3.42. The molecule has 0 unspecified atom stereocenters. The van der Waals surface area contributed by atoms with E-state index in [1.807, 2.05) is 0 Å². The maximum atomic E-state index is 3.63. The highest BCUT2D eigenvalue weighted by Gasteiger charge is 2.24. The predicted octanol–water partition coefficient (Wildman–Crippen LogP) is 4.16. The Balaban J connectivity index is 2.68. The summed E-state index contributed by atoms with van der Waals surface area (Å²) in [5.74, 6) is 0. The zero-order valence-electron chi connectivity index (χ0n) is 10.9. The summed E-state index contributed by atoms with van der Waals surface area (Å²) in [6.45, 7) is 11.1. The second kappa shape index (κ2) is 3.65. The molecule has 2 rings (SSSR count). The van der Waals surface area contributed by atoms with E-state index in [-0.39, 0.29) is 5.54 Å². The maximum Gasteiger partial charge on any atom is 0.0506 e. The number of allylic oxidation sites excluding steroid dienone is 1. The number of hydrogen-bond acceptors (Lipinski definition) is 1. The predicted molar refractivity (Wildman–Crippen MR) is 71.9 cm³/mol. The number of aryl methyl sites for hydroxylation is 2. The molecule has 0 saturated carbocycles. The number of fused-ring (bicyclic) bond motifs is 1. The van der Waals surface area contributed by atoms with Gasteiger partial charge in [-0.1, -0.05) is 25.1 Å². The fourth-order valence-electron chi connectivity index (χ4n) is 2.63. The highest BCUT2D eigenvalue weighted by atomic mass is 15.0. The third kappa shape index (κ3) is 1.75. The van der Waals surface area contributed by atoms with E-state index in [1.165, 1.54) is 28.0 Å². The average Bonchev–Trinajstić information content (AvgIpc) is 2.18. The number of benzene rings is 1. The molecular weight excluding hydrogens is 194 g/mol. The van der Waals surface area contributed by atoms with Crippen molar-refractivity contribution in [2.75, 3.05) is 5.32 Å². The van der Waals surface area contributed by atoms with Gasteiger partial charge in [0.05, 0.1) is 5.54 Å². The molecule has 0 aliphatic carbocycles. The van der Waals surface area contributed by atoms with Crippen molar-refractivity contribution in [2.24, 2.45) is 0 Å². The van der Waals surface area contributed by atoms with E-state index in [0.717, 1.165) is 6.42 Å². The van der Waals surface area contributed by atoms with E-state index in [0.29, 0.717) is 0 Å². The van der Waals surface area contributed by atoms with Gasteiger partial charge in [0.25, 0.3) is 0 Å². The third-order valence-corrected chi connectivity index (χ3v) is 3.30. The van der Waals surface area contributed by atoms with E-state index in [2.05, 4.69) is 58.1 Å². The smallest absolute Gasteiger partial charge is 0.0506 e. The van der Waals surface area contributed by atoms with Crippen LogP contribution in [-0.2, 0) is 6.42 Å². The van der Waals surface area contributed by atoms with E-state index >= 15 is 0 Å². The molecule has 1 aliphatic heterocycles. The van der Waals surface area contributed by atoms with E-state index in [4.69, 9.17) is 0 Å². The van der Waals surface area contributed by atoms with Crippen molar-refractivity contribution >= 4 is 11.3 Å². The van der Waals surface area contributed by atoms with Gasteiger partial charge in [0.2, 0.25) is 0 Å². The second-order valence-corrected chi connectivity index (χ2v) is 5.32. The van der Waals surface area contributed by atoms with E-state index in [1.54, 1.807) is 0 Å². The Morgan fingerprint density at radius 2 is 1.88 bits per heavy atom. The minimum absolute atomic E-state index is 0.0637. The number of anilines is 1. The first-order chi connectivity index (χ1) is 7.44. The van der Waals surface area contributed by atoms with Gasteiger partial charge in [0, 0.05) is 11.3 Å². The summed E-state index contributed by atoms with van der Waals surface area (Å²) in [7, 11) is 0. The van der Waals surface area contributed by atoms with Gasteiger partial charge in [-0.25, -0.2) is 0 Å². The summed E-state index contributed by atoms with van der Waals surface area (Å²) < 4.78 is 0. The van der Waals surface area contributed by atoms with Crippen LogP contribution in [0, 0.1) is 6.92 Å². The molecule has 0 amide bonds. The van der Waals surface area contributed by atoms with Crippen molar-refractivity contribution in [3.05, 3.63) is 34.9 Å². The number of hydrogen-bond donors (Lipinski definition) is 1. The van der Waals surface area contributed by atoms with Crippen LogP contribution in [0.15, 0.2) is 18.2 Å². The van der Waals surface area contributed by atoms with E-state index < -0.39 is 0 Å². The summed E-state index contributed by atoms with van der Waals surface area (Å²) in [4.78, 5) is 0. The Kier molecular flexibility index (Phi) is 2.57. The molecule has 1 nitrogen and oxygen atoms in total. The monoisotopic (exact) mass is 215 g/mol. The number of rotatable bonds is 1. The first-order valence-corrected chi connectivity index (χ1v) is 6.05. The van der Waals surface area contributed by atoms with Crippen LogP contribution < -0.4 is 5.32 Å². The number of nitrogens with one attached hydrogen (secondary N) is 1. The highest BCUT2D eigenvalue weighted by molar-refractivity contribution is 5.83. The molecule has 1 aromatic carbocycles. The Hall–Kier alpha value is -1.24. The van der Waals surface area contributed by atoms with Crippen molar-refractivity contribution in [1.82, 2.24) is 0 Å². The Morgan fingerprint density at radius 3 is 2.50 bits per heavy atom. The van der Waals surface area contributed by atoms with Gasteiger partial charge in [-0.15, -0.1) is 0 Å². The molecular formula is C15H21N. The molecule has 1 aliphatic rings. The first-order valence-electron chi connectivity index (χ1n) is 6.05. The minimum atomic E-state index is 0.0637. The lowest BCUT2D eigenvalue weighted by Crippen LogP contribution is -2.32. The van der Waals surface area contributed by atoms with Crippen LogP contribution in [0.25, 0.3) is 5.57 Å². The normalized spacial score (nSPS) is 17.4. The minimum Gasteiger partial charge on any atom is -0.376 e. The van der Waals surface area contributed by atoms with E-state index in [9.17, 15) is 0 Å². The van der Waals surface area contributed by atoms with Crippen LogP contribution in [0.4, 0.5) is 5.69 Å². The molecule has 1 N–H and O–H groups in total. The summed E-state index contributed by atoms with van der Waals surface area (Å²) in [6, 6.07) is 4.48. The molecule has 0 aromatic heterocycles. The molecule has 1 heterocycles. The van der Waals surface area contributed by atoms with Gasteiger partial charge in [0.15, 0.2) is 0 Å². The fourth-order valence-corrected chi connectivity index (χ4v) is 2.63. The fraction of sp³-hybridized carbons (Fsp3) is 0.467.